The number of aliphatic hydroxyl groups is 2. The third kappa shape index (κ3) is 3.95. The minimum atomic E-state index is -0.225. The number of aliphatic hydroxyl groups excluding tert-OH is 2. The Hall–Kier alpha value is -1.06. The van der Waals surface area contributed by atoms with Crippen LogP contribution in [0.4, 0.5) is 0 Å². The van der Waals surface area contributed by atoms with Gasteiger partial charge in [0.1, 0.15) is 5.75 Å². The van der Waals surface area contributed by atoms with E-state index in [1.807, 2.05) is 6.07 Å². The molecule has 0 fully saturated rings. The maximum absolute atomic E-state index is 10.3. The van der Waals surface area contributed by atoms with E-state index in [9.17, 15) is 15.3 Å². The summed E-state index contributed by atoms with van der Waals surface area (Å²) in [6.45, 7) is 10.3. The Balaban J connectivity index is 3.32. The van der Waals surface area contributed by atoms with E-state index in [4.69, 9.17) is 0 Å². The van der Waals surface area contributed by atoms with Crippen LogP contribution < -0.4 is 0 Å². The summed E-state index contributed by atoms with van der Waals surface area (Å²) in [4.78, 5) is 0. The largest absolute Gasteiger partial charge is 0.507 e. The monoisotopic (exact) mass is 266 g/mol. The lowest BCUT2D eigenvalue weighted by Gasteiger charge is -2.34. The van der Waals surface area contributed by atoms with Crippen molar-refractivity contribution >= 4 is 0 Å². The SMILES string of the molecule is CC(C)(C)CC(C)(C)c1cc(CO)cc(CO)c1O. The first kappa shape index (κ1) is 16.0. The second kappa shape index (κ2) is 5.51. The number of rotatable bonds is 4. The molecule has 0 amide bonds. The van der Waals surface area contributed by atoms with Gasteiger partial charge in [-0.3, -0.25) is 0 Å². The quantitative estimate of drug-likeness (QED) is 0.785. The molecule has 3 heteroatoms. The lowest BCUT2D eigenvalue weighted by Crippen LogP contribution is -2.25. The zero-order valence-corrected chi connectivity index (χ0v) is 12.6. The molecule has 1 aromatic carbocycles. The Bertz CT molecular complexity index is 442. The molecule has 3 nitrogen and oxygen atoms in total. The van der Waals surface area contributed by atoms with Crippen molar-refractivity contribution in [1.29, 1.82) is 0 Å². The highest BCUT2D eigenvalue weighted by molar-refractivity contribution is 5.47. The standard InChI is InChI=1S/C16H26O3/c1-15(2,3)10-16(4,5)13-7-11(8-17)6-12(9-18)14(13)19/h6-7,17-19H,8-10H2,1-5H3. The maximum atomic E-state index is 10.3. The molecule has 0 heterocycles. The Morgan fingerprint density at radius 2 is 1.53 bits per heavy atom. The van der Waals surface area contributed by atoms with Crippen LogP contribution in [0, 0.1) is 5.41 Å². The van der Waals surface area contributed by atoms with Crippen LogP contribution in [-0.2, 0) is 18.6 Å². The van der Waals surface area contributed by atoms with E-state index in [1.54, 1.807) is 6.07 Å². The van der Waals surface area contributed by atoms with Gasteiger partial charge >= 0.3 is 0 Å². The van der Waals surface area contributed by atoms with Gasteiger partial charge in [-0.05, 0) is 34.9 Å². The number of benzene rings is 1. The van der Waals surface area contributed by atoms with Crippen molar-refractivity contribution in [1.82, 2.24) is 0 Å². The van der Waals surface area contributed by atoms with Gasteiger partial charge in [0.05, 0.1) is 13.2 Å². The van der Waals surface area contributed by atoms with Crippen LogP contribution in [0.3, 0.4) is 0 Å². The highest BCUT2D eigenvalue weighted by Crippen LogP contribution is 2.41. The molecule has 0 aliphatic carbocycles. The van der Waals surface area contributed by atoms with Gasteiger partial charge in [-0.1, -0.05) is 34.6 Å². The van der Waals surface area contributed by atoms with Crippen molar-refractivity contribution in [2.45, 2.75) is 59.7 Å². The Labute approximate surface area is 115 Å². The summed E-state index contributed by atoms with van der Waals surface area (Å²) in [6, 6.07) is 3.48. The highest BCUT2D eigenvalue weighted by atomic mass is 16.3. The fourth-order valence-electron chi connectivity index (χ4n) is 2.91. The molecule has 3 N–H and O–H groups in total. The molecule has 19 heavy (non-hydrogen) atoms. The molecule has 0 aliphatic heterocycles. The smallest absolute Gasteiger partial charge is 0.124 e. The van der Waals surface area contributed by atoms with Crippen LogP contribution in [0.5, 0.6) is 5.75 Å². The van der Waals surface area contributed by atoms with Crippen LogP contribution in [0.15, 0.2) is 12.1 Å². The van der Waals surface area contributed by atoms with Gasteiger partial charge in [-0.2, -0.15) is 0 Å². The molecule has 1 aromatic rings. The maximum Gasteiger partial charge on any atom is 0.124 e. The van der Waals surface area contributed by atoms with E-state index in [0.29, 0.717) is 5.56 Å². The molecule has 0 radical (unpaired) electrons. The average Bonchev–Trinajstić information content (AvgIpc) is 2.25. The summed E-state index contributed by atoms with van der Waals surface area (Å²) in [5.74, 6) is 0.147. The zero-order chi connectivity index (χ0) is 14.8. The van der Waals surface area contributed by atoms with Gasteiger partial charge in [0.2, 0.25) is 0 Å². The number of phenols is 1. The molecule has 0 spiro atoms. The van der Waals surface area contributed by atoms with Crippen molar-refractivity contribution in [2.24, 2.45) is 5.41 Å². The minimum absolute atomic E-state index is 0.0914. The van der Waals surface area contributed by atoms with E-state index in [1.165, 1.54) is 0 Å². The predicted molar refractivity (Wildman–Crippen MR) is 77.1 cm³/mol. The molecule has 1 rings (SSSR count). The van der Waals surface area contributed by atoms with Crippen LogP contribution in [0.25, 0.3) is 0 Å². The van der Waals surface area contributed by atoms with E-state index in [0.717, 1.165) is 17.5 Å². The third-order valence-electron chi connectivity index (χ3n) is 3.30. The molecular formula is C16H26O3. The first-order valence-electron chi connectivity index (χ1n) is 6.67. The average molecular weight is 266 g/mol. The normalized spacial score (nSPS) is 12.8. The van der Waals surface area contributed by atoms with Gasteiger partial charge in [0.25, 0.3) is 0 Å². The fraction of sp³-hybridized carbons (Fsp3) is 0.625. The minimum Gasteiger partial charge on any atom is -0.507 e. The van der Waals surface area contributed by atoms with Gasteiger partial charge in [-0.25, -0.2) is 0 Å². The van der Waals surface area contributed by atoms with Crippen molar-refractivity contribution in [3.05, 3.63) is 28.8 Å². The Morgan fingerprint density at radius 1 is 0.947 bits per heavy atom. The summed E-state index contributed by atoms with van der Waals surface area (Å²) >= 11 is 0. The molecule has 0 saturated heterocycles. The van der Waals surface area contributed by atoms with Crippen molar-refractivity contribution in [3.8, 4) is 5.75 Å². The number of aromatic hydroxyl groups is 1. The van der Waals surface area contributed by atoms with Crippen LogP contribution >= 0.6 is 0 Å². The predicted octanol–water partition coefficient (Wildman–Crippen LogP) is 3.09. The molecule has 0 saturated carbocycles. The second-order valence-electron chi connectivity index (χ2n) is 7.09. The van der Waals surface area contributed by atoms with Gasteiger partial charge in [0.15, 0.2) is 0 Å². The summed E-state index contributed by atoms with van der Waals surface area (Å²) in [7, 11) is 0. The topological polar surface area (TPSA) is 60.7 Å². The van der Waals surface area contributed by atoms with Gasteiger partial charge in [-0.15, -0.1) is 0 Å². The summed E-state index contributed by atoms with van der Waals surface area (Å²) in [5, 5.41) is 28.9. The highest BCUT2D eigenvalue weighted by Gasteiger charge is 2.30. The first-order valence-corrected chi connectivity index (χ1v) is 6.67. The lowest BCUT2D eigenvalue weighted by molar-refractivity contribution is 0.261. The number of hydrogen-bond acceptors (Lipinski definition) is 3. The van der Waals surface area contributed by atoms with E-state index >= 15 is 0 Å². The third-order valence-corrected chi connectivity index (χ3v) is 3.30. The van der Waals surface area contributed by atoms with E-state index < -0.39 is 0 Å². The molecule has 0 atom stereocenters. The molecule has 0 bridgehead atoms. The van der Waals surface area contributed by atoms with Crippen molar-refractivity contribution in [3.63, 3.8) is 0 Å². The summed E-state index contributed by atoms with van der Waals surface area (Å²) < 4.78 is 0. The Kier molecular flexibility index (Phi) is 4.64. The zero-order valence-electron chi connectivity index (χ0n) is 12.6. The Morgan fingerprint density at radius 3 is 1.95 bits per heavy atom. The van der Waals surface area contributed by atoms with Crippen LogP contribution in [-0.4, -0.2) is 15.3 Å². The van der Waals surface area contributed by atoms with Gasteiger partial charge < -0.3 is 15.3 Å². The van der Waals surface area contributed by atoms with Gasteiger partial charge in [0, 0.05) is 11.1 Å². The molecule has 108 valence electrons. The van der Waals surface area contributed by atoms with E-state index in [2.05, 4.69) is 34.6 Å². The molecule has 0 aromatic heterocycles. The molecular weight excluding hydrogens is 240 g/mol. The van der Waals surface area contributed by atoms with Crippen molar-refractivity contribution in [2.75, 3.05) is 0 Å². The molecule has 0 aliphatic rings. The van der Waals surface area contributed by atoms with Crippen molar-refractivity contribution < 1.29 is 15.3 Å². The van der Waals surface area contributed by atoms with E-state index in [-0.39, 0.29) is 29.8 Å². The second-order valence-corrected chi connectivity index (χ2v) is 7.09. The molecule has 0 unspecified atom stereocenters. The number of hydrogen-bond donors (Lipinski definition) is 3. The lowest BCUT2D eigenvalue weighted by atomic mass is 9.71. The van der Waals surface area contributed by atoms with Crippen LogP contribution in [0.1, 0.15) is 57.7 Å². The summed E-state index contributed by atoms with van der Waals surface area (Å²) in [6.07, 6.45) is 0.896. The fourth-order valence-corrected chi connectivity index (χ4v) is 2.91. The first-order chi connectivity index (χ1) is 8.60. The van der Waals surface area contributed by atoms with Crippen LogP contribution in [0.2, 0.25) is 0 Å². The summed E-state index contributed by atoms with van der Waals surface area (Å²) in [5.41, 5.74) is 1.89.